The van der Waals surface area contributed by atoms with Gasteiger partial charge in [0.1, 0.15) is 0 Å². The Morgan fingerprint density at radius 2 is 1.94 bits per heavy atom. The van der Waals surface area contributed by atoms with Crippen molar-refractivity contribution in [2.75, 3.05) is 0 Å². The minimum Gasteiger partial charge on any atom is -0.310 e. The Balaban J connectivity index is 2.12. The molecule has 2 rings (SSSR count). The fourth-order valence-corrected chi connectivity index (χ4v) is 3.01. The third kappa shape index (κ3) is 3.27. The normalized spacial score (nSPS) is 16.7. The second kappa shape index (κ2) is 6.08. The molecule has 18 heavy (non-hydrogen) atoms. The lowest BCUT2D eigenvalue weighted by Gasteiger charge is -2.18. The first-order valence-electron chi connectivity index (χ1n) is 7.10. The summed E-state index contributed by atoms with van der Waals surface area (Å²) in [4.78, 5) is 0. The Morgan fingerprint density at radius 3 is 2.56 bits per heavy atom. The second-order valence-corrected chi connectivity index (χ2v) is 6.22. The molecule has 0 saturated heterocycles. The zero-order valence-corrected chi connectivity index (χ0v) is 12.5. The van der Waals surface area contributed by atoms with Crippen LogP contribution in [0.4, 0.5) is 0 Å². The summed E-state index contributed by atoms with van der Waals surface area (Å²) in [6.45, 7) is 7.55. The second-order valence-electron chi connectivity index (χ2n) is 5.82. The number of rotatable bonds is 4. The summed E-state index contributed by atoms with van der Waals surface area (Å²) in [5, 5.41) is 4.57. The zero-order chi connectivity index (χ0) is 13.1. The Bertz CT molecular complexity index is 406. The van der Waals surface area contributed by atoms with Crippen molar-refractivity contribution in [3.63, 3.8) is 0 Å². The number of hydrogen-bond donors (Lipinski definition) is 1. The summed E-state index contributed by atoms with van der Waals surface area (Å²) in [6.07, 6.45) is 5.42. The quantitative estimate of drug-likeness (QED) is 0.824. The lowest BCUT2D eigenvalue weighted by atomic mass is 9.95. The zero-order valence-electron chi connectivity index (χ0n) is 11.7. The van der Waals surface area contributed by atoms with Crippen LogP contribution >= 0.6 is 11.6 Å². The van der Waals surface area contributed by atoms with Crippen molar-refractivity contribution in [1.82, 2.24) is 5.32 Å². The molecule has 0 atom stereocenters. The first kappa shape index (κ1) is 13.9. The molecule has 100 valence electrons. The lowest BCUT2D eigenvalue weighted by Crippen LogP contribution is -2.26. The summed E-state index contributed by atoms with van der Waals surface area (Å²) in [5.41, 5.74) is 3.99. The van der Waals surface area contributed by atoms with Crippen LogP contribution in [-0.4, -0.2) is 6.04 Å². The van der Waals surface area contributed by atoms with Crippen molar-refractivity contribution in [2.24, 2.45) is 0 Å². The lowest BCUT2D eigenvalue weighted by molar-refractivity contribution is 0.521. The summed E-state index contributed by atoms with van der Waals surface area (Å²) in [5.74, 6) is 0.557. The smallest absolute Gasteiger partial charge is 0.0438 e. The molecule has 0 aromatic heterocycles. The Kier molecular flexibility index (Phi) is 4.69. The van der Waals surface area contributed by atoms with Crippen molar-refractivity contribution in [2.45, 2.75) is 65.0 Å². The average Bonchev–Trinajstić information content (AvgIpc) is 2.83. The third-order valence-electron chi connectivity index (χ3n) is 3.98. The van der Waals surface area contributed by atoms with Gasteiger partial charge in [0, 0.05) is 17.6 Å². The molecule has 1 N–H and O–H groups in total. The van der Waals surface area contributed by atoms with E-state index >= 15 is 0 Å². The van der Waals surface area contributed by atoms with Crippen molar-refractivity contribution >= 4 is 11.6 Å². The van der Waals surface area contributed by atoms with Crippen LogP contribution < -0.4 is 5.32 Å². The van der Waals surface area contributed by atoms with E-state index in [9.17, 15) is 0 Å². The summed E-state index contributed by atoms with van der Waals surface area (Å²) >= 11 is 6.26. The SMILES string of the molecule is Cc1cc(C(C)C)c(CNC2CCCC2)cc1Cl. The molecule has 0 bridgehead atoms. The highest BCUT2D eigenvalue weighted by atomic mass is 35.5. The van der Waals surface area contributed by atoms with Crippen molar-refractivity contribution < 1.29 is 0 Å². The highest BCUT2D eigenvalue weighted by Crippen LogP contribution is 2.27. The van der Waals surface area contributed by atoms with Gasteiger partial charge in [-0.15, -0.1) is 0 Å². The number of nitrogens with one attached hydrogen (secondary N) is 1. The van der Waals surface area contributed by atoms with Crippen LogP contribution in [0.3, 0.4) is 0 Å². The van der Waals surface area contributed by atoms with E-state index in [1.54, 1.807) is 0 Å². The molecular formula is C16H24ClN. The Morgan fingerprint density at radius 1 is 1.28 bits per heavy atom. The minimum absolute atomic E-state index is 0.557. The summed E-state index contributed by atoms with van der Waals surface area (Å²) in [6, 6.07) is 5.11. The molecule has 0 aliphatic heterocycles. The summed E-state index contributed by atoms with van der Waals surface area (Å²) < 4.78 is 0. The number of halogens is 1. The van der Waals surface area contributed by atoms with Crippen LogP contribution in [0.1, 0.15) is 62.1 Å². The van der Waals surface area contributed by atoms with Gasteiger partial charge in [-0.2, -0.15) is 0 Å². The molecule has 0 radical (unpaired) electrons. The molecule has 2 heteroatoms. The van der Waals surface area contributed by atoms with E-state index in [4.69, 9.17) is 11.6 Å². The molecule has 1 aliphatic rings. The maximum Gasteiger partial charge on any atom is 0.0438 e. The molecule has 1 nitrogen and oxygen atoms in total. The average molecular weight is 266 g/mol. The highest BCUT2D eigenvalue weighted by Gasteiger charge is 2.15. The molecule has 1 saturated carbocycles. The van der Waals surface area contributed by atoms with E-state index in [2.05, 4.69) is 38.2 Å². The first-order chi connectivity index (χ1) is 8.58. The molecule has 1 aliphatic carbocycles. The molecule has 0 heterocycles. The van der Waals surface area contributed by atoms with Gasteiger partial charge in [-0.1, -0.05) is 44.4 Å². The fraction of sp³-hybridized carbons (Fsp3) is 0.625. The molecule has 1 aromatic carbocycles. The van der Waals surface area contributed by atoms with E-state index < -0.39 is 0 Å². The van der Waals surface area contributed by atoms with Crippen LogP contribution in [0.2, 0.25) is 5.02 Å². The number of hydrogen-bond acceptors (Lipinski definition) is 1. The molecule has 0 spiro atoms. The largest absolute Gasteiger partial charge is 0.310 e. The van der Waals surface area contributed by atoms with E-state index in [0.717, 1.165) is 11.6 Å². The van der Waals surface area contributed by atoms with Crippen LogP contribution in [0.15, 0.2) is 12.1 Å². The van der Waals surface area contributed by atoms with Gasteiger partial charge in [0.15, 0.2) is 0 Å². The van der Waals surface area contributed by atoms with Gasteiger partial charge >= 0.3 is 0 Å². The maximum absolute atomic E-state index is 6.26. The van der Waals surface area contributed by atoms with Crippen LogP contribution in [0, 0.1) is 6.92 Å². The molecule has 1 aromatic rings. The van der Waals surface area contributed by atoms with E-state index in [1.807, 2.05) is 0 Å². The van der Waals surface area contributed by atoms with Gasteiger partial charge < -0.3 is 5.32 Å². The standard InChI is InChI=1S/C16H24ClN/c1-11(2)15-8-12(3)16(17)9-13(15)10-18-14-6-4-5-7-14/h8-9,11,14,18H,4-7,10H2,1-3H3. The maximum atomic E-state index is 6.26. The Labute approximate surface area is 116 Å². The van der Waals surface area contributed by atoms with Gasteiger partial charge in [-0.05, 0) is 48.4 Å². The molecule has 0 unspecified atom stereocenters. The van der Waals surface area contributed by atoms with Gasteiger partial charge in [-0.25, -0.2) is 0 Å². The Hall–Kier alpha value is -0.530. The van der Waals surface area contributed by atoms with Crippen molar-refractivity contribution in [3.05, 3.63) is 33.8 Å². The summed E-state index contributed by atoms with van der Waals surface area (Å²) in [7, 11) is 0. The molecular weight excluding hydrogens is 242 g/mol. The molecule has 1 fully saturated rings. The topological polar surface area (TPSA) is 12.0 Å². The van der Waals surface area contributed by atoms with Gasteiger partial charge in [0.25, 0.3) is 0 Å². The first-order valence-corrected chi connectivity index (χ1v) is 7.48. The monoisotopic (exact) mass is 265 g/mol. The van der Waals surface area contributed by atoms with Crippen LogP contribution in [0.5, 0.6) is 0 Å². The van der Waals surface area contributed by atoms with Crippen molar-refractivity contribution in [3.8, 4) is 0 Å². The number of benzene rings is 1. The van der Waals surface area contributed by atoms with E-state index in [1.165, 1.54) is 42.4 Å². The third-order valence-corrected chi connectivity index (χ3v) is 4.39. The fourth-order valence-electron chi connectivity index (χ4n) is 2.82. The minimum atomic E-state index is 0.557. The molecule has 0 amide bonds. The van der Waals surface area contributed by atoms with E-state index in [0.29, 0.717) is 12.0 Å². The highest BCUT2D eigenvalue weighted by molar-refractivity contribution is 6.31. The van der Waals surface area contributed by atoms with Crippen LogP contribution in [0.25, 0.3) is 0 Å². The van der Waals surface area contributed by atoms with Gasteiger partial charge in [-0.3, -0.25) is 0 Å². The van der Waals surface area contributed by atoms with Crippen molar-refractivity contribution in [1.29, 1.82) is 0 Å². The predicted molar refractivity (Wildman–Crippen MR) is 79.4 cm³/mol. The van der Waals surface area contributed by atoms with Gasteiger partial charge in [0.2, 0.25) is 0 Å². The number of aryl methyl sites for hydroxylation is 1. The predicted octanol–water partition coefficient (Wildman–Crippen LogP) is 4.80. The van der Waals surface area contributed by atoms with Crippen LogP contribution in [-0.2, 0) is 6.54 Å². The van der Waals surface area contributed by atoms with E-state index in [-0.39, 0.29) is 0 Å². The van der Waals surface area contributed by atoms with Gasteiger partial charge in [0.05, 0.1) is 0 Å².